The molecule has 1 unspecified atom stereocenters. The van der Waals surface area contributed by atoms with Gasteiger partial charge >= 0.3 is 6.36 Å². The second-order valence-corrected chi connectivity index (χ2v) is 7.68. The van der Waals surface area contributed by atoms with E-state index in [4.69, 9.17) is 0 Å². The number of hydrogen-bond donors (Lipinski definition) is 1. The lowest BCUT2D eigenvalue weighted by Crippen LogP contribution is -2.34. The molecule has 5 nitrogen and oxygen atoms in total. The van der Waals surface area contributed by atoms with Crippen LogP contribution in [0.25, 0.3) is 0 Å². The molecule has 2 aromatic carbocycles. The van der Waals surface area contributed by atoms with E-state index < -0.39 is 34.0 Å². The Morgan fingerprint density at radius 3 is 2.37 bits per heavy atom. The Hall–Kier alpha value is -2.17. The Morgan fingerprint density at radius 2 is 1.78 bits per heavy atom. The van der Waals surface area contributed by atoms with Crippen LogP contribution >= 0.6 is 0 Å². The SMILES string of the molecule is CN(C)C(CNS(=O)(=O)c1cccc(OC(F)(F)F)c1)c1cccc(F)c1. The minimum absolute atomic E-state index is 0.108. The Morgan fingerprint density at radius 1 is 1.11 bits per heavy atom. The fourth-order valence-corrected chi connectivity index (χ4v) is 3.50. The lowest BCUT2D eigenvalue weighted by atomic mass is 10.1. The summed E-state index contributed by atoms with van der Waals surface area (Å²) in [6, 6.07) is 9.32. The van der Waals surface area contributed by atoms with Crippen molar-refractivity contribution in [3.63, 3.8) is 0 Å². The first-order chi connectivity index (χ1) is 12.5. The molecule has 0 radical (unpaired) electrons. The van der Waals surface area contributed by atoms with Gasteiger partial charge < -0.3 is 9.64 Å². The van der Waals surface area contributed by atoms with Crippen LogP contribution in [-0.4, -0.2) is 40.3 Å². The molecule has 2 rings (SSSR count). The van der Waals surface area contributed by atoms with Crippen molar-refractivity contribution in [1.82, 2.24) is 9.62 Å². The predicted molar refractivity (Wildman–Crippen MR) is 91.1 cm³/mol. The third-order valence-corrected chi connectivity index (χ3v) is 5.09. The maximum atomic E-state index is 13.4. The molecule has 0 aliphatic rings. The molecule has 0 saturated heterocycles. The van der Waals surface area contributed by atoms with Crippen LogP contribution < -0.4 is 9.46 Å². The normalized spacial score (nSPS) is 13.6. The first-order valence-corrected chi connectivity index (χ1v) is 9.23. The van der Waals surface area contributed by atoms with E-state index in [1.165, 1.54) is 18.2 Å². The summed E-state index contributed by atoms with van der Waals surface area (Å²) in [5.74, 6) is -1.10. The second-order valence-electron chi connectivity index (χ2n) is 5.91. The summed E-state index contributed by atoms with van der Waals surface area (Å²) in [4.78, 5) is 1.32. The molecule has 1 atom stereocenters. The minimum Gasteiger partial charge on any atom is -0.406 e. The Balaban J connectivity index is 2.19. The second kappa shape index (κ2) is 8.24. The standard InChI is InChI=1S/C17H18F4N2O3S/c1-23(2)16(12-5-3-6-13(18)9-12)11-22-27(24,25)15-8-4-7-14(10-15)26-17(19,20)21/h3-10,16,22H,11H2,1-2H3. The summed E-state index contributed by atoms with van der Waals surface area (Å²) < 4.78 is 81.3. The van der Waals surface area contributed by atoms with E-state index in [1.807, 2.05) is 0 Å². The first kappa shape index (κ1) is 21.1. The number of alkyl halides is 3. The number of rotatable bonds is 7. The molecule has 0 fully saturated rings. The van der Waals surface area contributed by atoms with Gasteiger partial charge in [0.15, 0.2) is 0 Å². The van der Waals surface area contributed by atoms with Crippen LogP contribution in [0.5, 0.6) is 5.75 Å². The molecule has 0 aliphatic heterocycles. The lowest BCUT2D eigenvalue weighted by molar-refractivity contribution is -0.274. The zero-order valence-corrected chi connectivity index (χ0v) is 15.3. The molecule has 27 heavy (non-hydrogen) atoms. The Labute approximate surface area is 154 Å². The minimum atomic E-state index is -4.93. The summed E-state index contributed by atoms with van der Waals surface area (Å²) in [6.45, 7) is -0.108. The highest BCUT2D eigenvalue weighted by Gasteiger charge is 2.31. The monoisotopic (exact) mass is 406 g/mol. The molecule has 0 saturated carbocycles. The average Bonchev–Trinajstić information content (AvgIpc) is 2.53. The van der Waals surface area contributed by atoms with Crippen LogP contribution in [0.3, 0.4) is 0 Å². The molecule has 1 N–H and O–H groups in total. The highest BCUT2D eigenvalue weighted by atomic mass is 32.2. The van der Waals surface area contributed by atoms with Gasteiger partial charge in [-0.2, -0.15) is 0 Å². The van der Waals surface area contributed by atoms with Crippen molar-refractivity contribution in [3.8, 4) is 5.75 Å². The predicted octanol–water partition coefficient (Wildman–Crippen LogP) is 3.31. The summed E-state index contributed by atoms with van der Waals surface area (Å²) in [5, 5.41) is 0. The van der Waals surface area contributed by atoms with Gasteiger partial charge in [0, 0.05) is 18.7 Å². The quantitative estimate of drug-likeness (QED) is 0.717. The largest absolute Gasteiger partial charge is 0.573 e. The number of benzene rings is 2. The van der Waals surface area contributed by atoms with Crippen molar-refractivity contribution in [1.29, 1.82) is 0 Å². The summed E-state index contributed by atoms with van der Waals surface area (Å²) in [5.41, 5.74) is 0.553. The number of likely N-dealkylation sites (N-methyl/N-ethyl adjacent to an activating group) is 1. The molecule has 10 heteroatoms. The van der Waals surface area contributed by atoms with Gasteiger partial charge in [-0.1, -0.05) is 18.2 Å². The maximum absolute atomic E-state index is 13.4. The Kier molecular flexibility index (Phi) is 6.45. The average molecular weight is 406 g/mol. The zero-order valence-electron chi connectivity index (χ0n) is 14.5. The van der Waals surface area contributed by atoms with Gasteiger partial charge in [-0.3, -0.25) is 0 Å². The van der Waals surface area contributed by atoms with E-state index in [0.29, 0.717) is 5.56 Å². The number of hydrogen-bond acceptors (Lipinski definition) is 4. The molecule has 0 aliphatic carbocycles. The number of nitrogens with one attached hydrogen (secondary N) is 1. The topological polar surface area (TPSA) is 58.6 Å². The van der Waals surface area contributed by atoms with Crippen molar-refractivity contribution < 1.29 is 30.7 Å². The van der Waals surface area contributed by atoms with Gasteiger partial charge in [-0.25, -0.2) is 17.5 Å². The first-order valence-electron chi connectivity index (χ1n) is 7.75. The zero-order chi connectivity index (χ0) is 20.2. The molecule has 2 aromatic rings. The Bertz CT molecular complexity index is 886. The van der Waals surface area contributed by atoms with Crippen LogP contribution in [0.15, 0.2) is 53.4 Å². The lowest BCUT2D eigenvalue weighted by Gasteiger charge is -2.25. The fraction of sp³-hybridized carbons (Fsp3) is 0.294. The number of ether oxygens (including phenoxy) is 1. The van der Waals surface area contributed by atoms with Crippen LogP contribution in [-0.2, 0) is 10.0 Å². The maximum Gasteiger partial charge on any atom is 0.573 e. The third-order valence-electron chi connectivity index (χ3n) is 3.67. The van der Waals surface area contributed by atoms with Crippen LogP contribution in [0, 0.1) is 5.82 Å². The van der Waals surface area contributed by atoms with E-state index in [1.54, 1.807) is 25.1 Å². The van der Waals surface area contributed by atoms with Crippen LogP contribution in [0.4, 0.5) is 17.6 Å². The van der Waals surface area contributed by atoms with Crippen molar-refractivity contribution in [2.75, 3.05) is 20.6 Å². The van der Waals surface area contributed by atoms with Gasteiger partial charge in [0.2, 0.25) is 10.0 Å². The summed E-state index contributed by atoms with van der Waals surface area (Å²) >= 11 is 0. The molecular formula is C17H18F4N2O3S. The van der Waals surface area contributed by atoms with Crippen molar-refractivity contribution in [2.24, 2.45) is 0 Å². The van der Waals surface area contributed by atoms with E-state index in [2.05, 4.69) is 9.46 Å². The van der Waals surface area contributed by atoms with Crippen molar-refractivity contribution >= 4 is 10.0 Å². The molecule has 0 bridgehead atoms. The van der Waals surface area contributed by atoms with Gasteiger partial charge in [0.05, 0.1) is 4.90 Å². The molecule has 0 aromatic heterocycles. The van der Waals surface area contributed by atoms with Gasteiger partial charge in [-0.05, 0) is 43.9 Å². The summed E-state index contributed by atoms with van der Waals surface area (Å²) in [7, 11) is -0.711. The van der Waals surface area contributed by atoms with E-state index in [0.717, 1.165) is 24.3 Å². The van der Waals surface area contributed by atoms with Crippen molar-refractivity contribution in [3.05, 3.63) is 59.9 Å². The highest BCUT2D eigenvalue weighted by Crippen LogP contribution is 2.25. The fourth-order valence-electron chi connectivity index (χ4n) is 2.42. The number of nitrogens with zero attached hydrogens (tertiary/aromatic N) is 1. The van der Waals surface area contributed by atoms with Gasteiger partial charge in [0.25, 0.3) is 0 Å². The molecule has 0 spiro atoms. The highest BCUT2D eigenvalue weighted by molar-refractivity contribution is 7.89. The van der Waals surface area contributed by atoms with E-state index in [-0.39, 0.29) is 11.4 Å². The van der Waals surface area contributed by atoms with E-state index in [9.17, 15) is 26.0 Å². The molecular weight excluding hydrogens is 388 g/mol. The molecule has 148 valence electrons. The number of halogens is 4. The summed E-state index contributed by atoms with van der Waals surface area (Å²) in [6.07, 6.45) is -4.93. The third kappa shape index (κ3) is 6.19. The number of sulfonamides is 1. The van der Waals surface area contributed by atoms with Gasteiger partial charge in [0.1, 0.15) is 11.6 Å². The van der Waals surface area contributed by atoms with Crippen LogP contribution in [0.2, 0.25) is 0 Å². The van der Waals surface area contributed by atoms with Crippen molar-refractivity contribution in [2.45, 2.75) is 17.3 Å². The van der Waals surface area contributed by atoms with Crippen LogP contribution in [0.1, 0.15) is 11.6 Å². The molecule has 0 amide bonds. The van der Waals surface area contributed by atoms with E-state index >= 15 is 0 Å². The smallest absolute Gasteiger partial charge is 0.406 e. The molecule has 0 heterocycles. The van der Waals surface area contributed by atoms with Gasteiger partial charge in [-0.15, -0.1) is 13.2 Å².